The third kappa shape index (κ3) is 6.00. The number of sulfonamides is 1. The molecule has 2 fully saturated rings. The van der Waals surface area contributed by atoms with E-state index in [2.05, 4.69) is 29.3 Å². The topological polar surface area (TPSA) is 79.0 Å². The smallest absolute Gasteiger partial charge is 0.252 e. The lowest BCUT2D eigenvalue weighted by molar-refractivity contribution is -0.0212. The van der Waals surface area contributed by atoms with Crippen LogP contribution in [0.3, 0.4) is 0 Å². The van der Waals surface area contributed by atoms with Gasteiger partial charge in [-0.3, -0.25) is 9.69 Å². The molecule has 1 amide bonds. The van der Waals surface area contributed by atoms with Crippen molar-refractivity contribution in [2.75, 3.05) is 32.8 Å². The van der Waals surface area contributed by atoms with E-state index in [4.69, 9.17) is 4.74 Å². The Bertz CT molecular complexity index is 1070. The van der Waals surface area contributed by atoms with Crippen LogP contribution in [0.5, 0.6) is 0 Å². The Morgan fingerprint density at radius 3 is 2.58 bits per heavy atom. The quantitative estimate of drug-likeness (QED) is 0.672. The van der Waals surface area contributed by atoms with Gasteiger partial charge in [-0.05, 0) is 43.0 Å². The number of morpholine rings is 1. The van der Waals surface area contributed by atoms with E-state index in [0.29, 0.717) is 19.6 Å². The zero-order chi connectivity index (χ0) is 23.3. The fourth-order valence-electron chi connectivity index (χ4n) is 4.53. The first-order valence-electron chi connectivity index (χ1n) is 11.7. The van der Waals surface area contributed by atoms with Crippen LogP contribution < -0.4 is 5.32 Å². The number of nitrogens with zero attached hydrogens (tertiary/aromatic N) is 2. The zero-order valence-corrected chi connectivity index (χ0v) is 20.0. The molecule has 2 aliphatic heterocycles. The van der Waals surface area contributed by atoms with Crippen LogP contribution in [0.2, 0.25) is 0 Å². The number of amides is 1. The second-order valence-corrected chi connectivity index (χ2v) is 10.8. The van der Waals surface area contributed by atoms with Gasteiger partial charge in [0.15, 0.2) is 0 Å². The van der Waals surface area contributed by atoms with Crippen LogP contribution in [0.25, 0.3) is 0 Å². The number of carbonyl (C=O) groups excluding carboxylic acids is 1. The van der Waals surface area contributed by atoms with Gasteiger partial charge in [0.1, 0.15) is 0 Å². The number of ether oxygens (including phenoxy) is 1. The molecule has 7 nitrogen and oxygen atoms in total. The predicted molar refractivity (Wildman–Crippen MR) is 127 cm³/mol. The summed E-state index contributed by atoms with van der Waals surface area (Å²) < 4.78 is 33.5. The summed E-state index contributed by atoms with van der Waals surface area (Å²) in [6.45, 7) is 6.84. The van der Waals surface area contributed by atoms with Crippen LogP contribution in [-0.2, 0) is 27.8 Å². The van der Waals surface area contributed by atoms with Gasteiger partial charge in [0.25, 0.3) is 5.91 Å². The fourth-order valence-corrected chi connectivity index (χ4v) is 6.24. The van der Waals surface area contributed by atoms with Crippen molar-refractivity contribution >= 4 is 15.9 Å². The Balaban J connectivity index is 1.42. The third-order valence-electron chi connectivity index (χ3n) is 6.24. The summed E-state index contributed by atoms with van der Waals surface area (Å²) in [5.41, 5.74) is 2.36. The first-order valence-corrected chi connectivity index (χ1v) is 13.2. The minimum atomic E-state index is -3.69. The monoisotopic (exact) mass is 471 g/mol. The van der Waals surface area contributed by atoms with Gasteiger partial charge in [0.05, 0.1) is 23.2 Å². The second kappa shape index (κ2) is 10.8. The van der Waals surface area contributed by atoms with Gasteiger partial charge in [0.2, 0.25) is 10.0 Å². The first-order chi connectivity index (χ1) is 15.9. The maximum Gasteiger partial charge on any atom is 0.252 e. The molecule has 1 unspecified atom stereocenters. The molecule has 0 spiro atoms. The lowest BCUT2D eigenvalue weighted by Crippen LogP contribution is -2.40. The highest BCUT2D eigenvalue weighted by atomic mass is 32.2. The van der Waals surface area contributed by atoms with E-state index < -0.39 is 10.0 Å². The molecule has 1 atom stereocenters. The van der Waals surface area contributed by atoms with E-state index in [-0.39, 0.29) is 22.5 Å². The SMILES string of the molecule is CC1CN(Cc2cccc(CNC(=O)c3ccccc3S(=O)(=O)N3CCCCC3)c2)CCO1. The number of carbonyl (C=O) groups is 1. The van der Waals surface area contributed by atoms with Crippen LogP contribution in [0, 0.1) is 0 Å². The van der Waals surface area contributed by atoms with E-state index >= 15 is 0 Å². The molecule has 2 aliphatic rings. The molecule has 33 heavy (non-hydrogen) atoms. The lowest BCUT2D eigenvalue weighted by Gasteiger charge is -2.31. The molecule has 2 saturated heterocycles. The molecule has 0 saturated carbocycles. The Kier molecular flexibility index (Phi) is 7.80. The molecule has 178 valence electrons. The summed E-state index contributed by atoms with van der Waals surface area (Å²) in [6.07, 6.45) is 2.99. The van der Waals surface area contributed by atoms with E-state index in [1.807, 2.05) is 12.1 Å². The van der Waals surface area contributed by atoms with Gasteiger partial charge in [-0.2, -0.15) is 4.31 Å². The normalized spacial score (nSPS) is 20.5. The summed E-state index contributed by atoms with van der Waals surface area (Å²) >= 11 is 0. The van der Waals surface area contributed by atoms with Gasteiger partial charge in [-0.1, -0.05) is 42.8 Å². The van der Waals surface area contributed by atoms with E-state index in [0.717, 1.165) is 51.1 Å². The molecule has 0 radical (unpaired) electrons. The van der Waals surface area contributed by atoms with Crippen LogP contribution in [0.1, 0.15) is 47.7 Å². The predicted octanol–water partition coefficient (Wildman–Crippen LogP) is 3.01. The molecular weight excluding hydrogens is 438 g/mol. The minimum absolute atomic E-state index is 0.0830. The molecule has 0 bridgehead atoms. The average molecular weight is 472 g/mol. The van der Waals surface area contributed by atoms with Crippen LogP contribution in [0.4, 0.5) is 0 Å². The Labute approximate surface area is 196 Å². The fraction of sp³-hybridized carbons (Fsp3) is 0.480. The van der Waals surface area contributed by atoms with Crippen molar-refractivity contribution in [2.45, 2.75) is 50.3 Å². The highest BCUT2D eigenvalue weighted by Gasteiger charge is 2.29. The van der Waals surface area contributed by atoms with Crippen molar-refractivity contribution in [3.8, 4) is 0 Å². The van der Waals surface area contributed by atoms with E-state index in [1.54, 1.807) is 18.2 Å². The van der Waals surface area contributed by atoms with Crippen LogP contribution in [0.15, 0.2) is 53.4 Å². The zero-order valence-electron chi connectivity index (χ0n) is 19.2. The van der Waals surface area contributed by atoms with Gasteiger partial charge in [0, 0.05) is 39.3 Å². The maximum absolute atomic E-state index is 13.2. The largest absolute Gasteiger partial charge is 0.376 e. The van der Waals surface area contributed by atoms with Crippen molar-refractivity contribution in [1.82, 2.24) is 14.5 Å². The number of piperidine rings is 1. The molecule has 1 N–H and O–H groups in total. The molecular formula is C25H33N3O4S. The lowest BCUT2D eigenvalue weighted by atomic mass is 10.1. The summed E-state index contributed by atoms with van der Waals surface area (Å²) in [6, 6.07) is 14.6. The summed E-state index contributed by atoms with van der Waals surface area (Å²) in [7, 11) is -3.69. The summed E-state index contributed by atoms with van der Waals surface area (Å²) in [5, 5.41) is 2.91. The van der Waals surface area contributed by atoms with Crippen LogP contribution in [-0.4, -0.2) is 62.4 Å². The number of nitrogens with one attached hydrogen (secondary N) is 1. The van der Waals surface area contributed by atoms with Crippen molar-refractivity contribution in [1.29, 1.82) is 0 Å². The molecule has 0 aromatic heterocycles. The summed E-state index contributed by atoms with van der Waals surface area (Å²) in [4.78, 5) is 15.4. The van der Waals surface area contributed by atoms with Gasteiger partial charge >= 0.3 is 0 Å². The van der Waals surface area contributed by atoms with Crippen molar-refractivity contribution in [3.05, 3.63) is 65.2 Å². The van der Waals surface area contributed by atoms with E-state index in [9.17, 15) is 13.2 Å². The van der Waals surface area contributed by atoms with Gasteiger partial charge in [-0.25, -0.2) is 8.42 Å². The van der Waals surface area contributed by atoms with E-state index in [1.165, 1.54) is 15.9 Å². The highest BCUT2D eigenvalue weighted by Crippen LogP contribution is 2.23. The number of hydrogen-bond acceptors (Lipinski definition) is 5. The molecule has 2 heterocycles. The standard InChI is InChI=1S/C25H33N3O4S/c1-20-18-27(14-15-32-20)19-22-9-7-8-21(16-22)17-26-25(29)23-10-3-4-11-24(23)33(30,31)28-12-5-2-6-13-28/h3-4,7-11,16,20H,2,5-6,12-15,17-19H2,1H3,(H,26,29). The Morgan fingerprint density at radius 1 is 1.03 bits per heavy atom. The van der Waals surface area contributed by atoms with Gasteiger partial charge < -0.3 is 10.1 Å². The van der Waals surface area contributed by atoms with Gasteiger partial charge in [-0.15, -0.1) is 0 Å². The highest BCUT2D eigenvalue weighted by molar-refractivity contribution is 7.89. The maximum atomic E-state index is 13.2. The number of benzene rings is 2. The summed E-state index contributed by atoms with van der Waals surface area (Å²) in [5.74, 6) is -0.376. The third-order valence-corrected chi connectivity index (χ3v) is 8.20. The van der Waals surface area contributed by atoms with Crippen LogP contribution >= 0.6 is 0 Å². The number of rotatable bonds is 7. The first kappa shape index (κ1) is 23.9. The Morgan fingerprint density at radius 2 is 1.79 bits per heavy atom. The molecule has 2 aromatic rings. The van der Waals surface area contributed by atoms with Crippen molar-refractivity contribution in [2.24, 2.45) is 0 Å². The average Bonchev–Trinajstić information content (AvgIpc) is 2.83. The molecule has 8 heteroatoms. The minimum Gasteiger partial charge on any atom is -0.376 e. The Hall–Kier alpha value is -2.26. The second-order valence-electron chi connectivity index (χ2n) is 8.88. The van der Waals surface area contributed by atoms with Crippen molar-refractivity contribution < 1.29 is 17.9 Å². The molecule has 4 rings (SSSR count). The number of hydrogen-bond donors (Lipinski definition) is 1. The van der Waals surface area contributed by atoms with Crippen molar-refractivity contribution in [3.63, 3.8) is 0 Å². The molecule has 0 aliphatic carbocycles. The molecule has 2 aromatic carbocycles.